The van der Waals surface area contributed by atoms with Crippen LogP contribution in [0.1, 0.15) is 33.9 Å². The van der Waals surface area contributed by atoms with Crippen molar-refractivity contribution in [2.45, 2.75) is 13.8 Å². The molecule has 0 aliphatic heterocycles. The number of carboxylic acids is 1. The van der Waals surface area contributed by atoms with Gasteiger partial charge in [-0.2, -0.15) is 0 Å². The van der Waals surface area contributed by atoms with Crippen LogP contribution in [-0.2, 0) is 4.79 Å². The molecule has 0 bridgehead atoms. The Morgan fingerprint density at radius 1 is 1.31 bits per heavy atom. The number of hydrogen-bond donors (Lipinski definition) is 2. The summed E-state index contributed by atoms with van der Waals surface area (Å²) in [4.78, 5) is 32.9. The largest absolute Gasteiger partial charge is 0.478 e. The van der Waals surface area contributed by atoms with Gasteiger partial charge in [-0.25, -0.2) is 4.79 Å². The van der Waals surface area contributed by atoms with Crippen molar-refractivity contribution in [3.05, 3.63) is 16.5 Å². The first-order valence-electron chi connectivity index (χ1n) is 4.07. The fourth-order valence-corrected chi connectivity index (χ4v) is 1.97. The molecule has 0 aliphatic rings. The fourth-order valence-electron chi connectivity index (χ4n) is 0.976. The van der Waals surface area contributed by atoms with Crippen molar-refractivity contribution in [1.29, 1.82) is 0 Å². The van der Waals surface area contributed by atoms with Crippen LogP contribution in [0.3, 0.4) is 0 Å². The van der Waals surface area contributed by atoms with Crippen LogP contribution in [0.5, 0.6) is 0 Å². The summed E-state index contributed by atoms with van der Waals surface area (Å²) in [5.74, 6) is -1.75. The molecule has 0 spiro atoms. The predicted molar refractivity (Wildman–Crippen MR) is 61.3 cm³/mol. The van der Waals surface area contributed by atoms with Crippen molar-refractivity contribution < 1.29 is 19.5 Å². The van der Waals surface area contributed by atoms with Crippen LogP contribution in [0.25, 0.3) is 0 Å². The van der Waals surface area contributed by atoms with Crippen LogP contribution >= 0.6 is 11.3 Å². The van der Waals surface area contributed by atoms with Crippen LogP contribution in [0, 0.1) is 0 Å². The summed E-state index contributed by atoms with van der Waals surface area (Å²) in [6.45, 7) is 2.62. The summed E-state index contributed by atoms with van der Waals surface area (Å²) in [7, 11) is 0. The Balaban J connectivity index is 0.00000225. The third-order valence-corrected chi connectivity index (χ3v) is 2.75. The predicted octanol–water partition coefficient (Wildman–Crippen LogP) is 1.23. The summed E-state index contributed by atoms with van der Waals surface area (Å²) in [5, 5.41) is 11.4. The summed E-state index contributed by atoms with van der Waals surface area (Å²) in [6.07, 6.45) is 0. The molecule has 1 aromatic rings. The van der Waals surface area contributed by atoms with Crippen molar-refractivity contribution in [3.8, 4) is 0 Å². The van der Waals surface area contributed by atoms with Crippen LogP contribution in [-0.4, -0.2) is 52.3 Å². The number of carbonyl (C=O) groups is 3. The van der Waals surface area contributed by atoms with E-state index in [1.54, 1.807) is 0 Å². The number of thiophene rings is 1. The molecule has 0 saturated heterocycles. The Kier molecular flexibility index (Phi) is 5.88. The van der Waals surface area contributed by atoms with Gasteiger partial charge in [0.25, 0.3) is 0 Å². The van der Waals surface area contributed by atoms with Gasteiger partial charge in [0.05, 0.1) is 10.4 Å². The summed E-state index contributed by atoms with van der Waals surface area (Å²) in [5.41, 5.74) is -0.0552. The molecule has 0 saturated carbocycles. The summed E-state index contributed by atoms with van der Waals surface area (Å²) < 4.78 is 0. The molecule has 1 aromatic heterocycles. The maximum atomic E-state index is 11.0. The second kappa shape index (κ2) is 6.15. The molecule has 1 amide bonds. The number of rotatable bonds is 3. The fraction of sp³-hybridized carbons (Fsp3) is 0.222. The van der Waals surface area contributed by atoms with Gasteiger partial charge < -0.3 is 10.4 Å². The molecule has 1 heterocycles. The second-order valence-corrected chi connectivity index (χ2v) is 3.95. The standard InChI is InChI=1S/C9H9NO4S.Na/c1-4(11)7-3-6(9(13)14)8(15-7)10-5(2)12;/h3H,1-2H3,(H,10,12)(H,13,14);. The Morgan fingerprint density at radius 2 is 1.88 bits per heavy atom. The maximum absolute atomic E-state index is 11.0. The van der Waals surface area contributed by atoms with Crippen molar-refractivity contribution in [3.63, 3.8) is 0 Å². The first-order valence-corrected chi connectivity index (χ1v) is 4.89. The first-order chi connectivity index (χ1) is 6.91. The van der Waals surface area contributed by atoms with E-state index in [4.69, 9.17) is 5.11 Å². The molecule has 2 N–H and O–H groups in total. The number of carbonyl (C=O) groups excluding carboxylic acids is 2. The molecule has 5 nitrogen and oxygen atoms in total. The number of nitrogens with one attached hydrogen (secondary N) is 1. The zero-order valence-corrected chi connectivity index (χ0v) is 12.0. The van der Waals surface area contributed by atoms with Gasteiger partial charge in [-0.15, -0.1) is 11.3 Å². The minimum Gasteiger partial charge on any atom is -0.478 e. The number of ketones is 1. The van der Waals surface area contributed by atoms with Gasteiger partial charge in [0.2, 0.25) is 5.91 Å². The van der Waals surface area contributed by atoms with Gasteiger partial charge in [-0.3, -0.25) is 9.59 Å². The number of hydrogen-bond acceptors (Lipinski definition) is 4. The van der Waals surface area contributed by atoms with E-state index in [0.29, 0.717) is 4.88 Å². The molecule has 1 rings (SSSR count). The number of anilines is 1. The van der Waals surface area contributed by atoms with E-state index in [2.05, 4.69) is 5.32 Å². The molecule has 0 atom stereocenters. The molecule has 0 aromatic carbocycles. The summed E-state index contributed by atoms with van der Waals surface area (Å²) in [6, 6.07) is 1.26. The molecule has 0 fully saturated rings. The van der Waals surface area contributed by atoms with Gasteiger partial charge >= 0.3 is 5.97 Å². The average molecular weight is 250 g/mol. The van der Waals surface area contributed by atoms with E-state index >= 15 is 0 Å². The Hall–Kier alpha value is -0.690. The molecule has 0 unspecified atom stereocenters. The van der Waals surface area contributed by atoms with Gasteiger partial charge in [0.15, 0.2) is 5.78 Å². The Bertz CT molecular complexity index is 441. The SMILES string of the molecule is CC(=O)Nc1sc(C(C)=O)cc1C(=O)O.[Na]. The quantitative estimate of drug-likeness (QED) is 0.624. The topological polar surface area (TPSA) is 83.5 Å². The van der Waals surface area contributed by atoms with E-state index < -0.39 is 5.97 Å². The average Bonchev–Trinajstić information content (AvgIpc) is 2.46. The minimum absolute atomic E-state index is 0. The molecule has 81 valence electrons. The van der Waals surface area contributed by atoms with Crippen molar-refractivity contribution in [2.75, 3.05) is 5.32 Å². The van der Waals surface area contributed by atoms with Gasteiger partial charge in [0, 0.05) is 36.5 Å². The van der Waals surface area contributed by atoms with Crippen LogP contribution in [0.4, 0.5) is 5.00 Å². The molecule has 0 aliphatic carbocycles. The number of amides is 1. The van der Waals surface area contributed by atoms with E-state index in [-0.39, 0.29) is 51.8 Å². The van der Waals surface area contributed by atoms with E-state index in [1.165, 1.54) is 19.9 Å². The molecule has 7 heteroatoms. The Labute approximate surface area is 118 Å². The molecular weight excluding hydrogens is 241 g/mol. The third kappa shape index (κ3) is 3.71. The first kappa shape index (κ1) is 15.3. The normalized spacial score (nSPS) is 9.12. The monoisotopic (exact) mass is 250 g/mol. The summed E-state index contributed by atoms with van der Waals surface area (Å²) >= 11 is 0.962. The molecule has 16 heavy (non-hydrogen) atoms. The Morgan fingerprint density at radius 3 is 2.25 bits per heavy atom. The van der Waals surface area contributed by atoms with E-state index in [1.807, 2.05) is 0 Å². The molecular formula is C9H9NNaO4S. The van der Waals surface area contributed by atoms with Crippen LogP contribution in [0.15, 0.2) is 6.07 Å². The maximum Gasteiger partial charge on any atom is 0.338 e. The van der Waals surface area contributed by atoms with Crippen LogP contribution < -0.4 is 5.32 Å². The van der Waals surface area contributed by atoms with Crippen LogP contribution in [0.2, 0.25) is 0 Å². The van der Waals surface area contributed by atoms with Gasteiger partial charge in [0.1, 0.15) is 5.00 Å². The van der Waals surface area contributed by atoms with Crippen molar-refractivity contribution in [1.82, 2.24) is 0 Å². The zero-order valence-electron chi connectivity index (χ0n) is 9.16. The second-order valence-electron chi connectivity index (χ2n) is 2.90. The smallest absolute Gasteiger partial charge is 0.338 e. The van der Waals surface area contributed by atoms with Crippen molar-refractivity contribution >= 4 is 63.6 Å². The minimum atomic E-state index is -1.16. The van der Waals surface area contributed by atoms with E-state index in [9.17, 15) is 14.4 Å². The van der Waals surface area contributed by atoms with Gasteiger partial charge in [-0.1, -0.05) is 0 Å². The zero-order chi connectivity index (χ0) is 11.6. The third-order valence-electron chi connectivity index (χ3n) is 1.60. The number of Topliss-reactive ketones (excluding diaryl/α,β-unsaturated/α-hetero) is 1. The van der Waals surface area contributed by atoms with E-state index in [0.717, 1.165) is 11.3 Å². The molecule has 1 radical (unpaired) electrons. The number of carboxylic acid groups (broad SMARTS) is 1. The van der Waals surface area contributed by atoms with Gasteiger partial charge in [-0.05, 0) is 13.0 Å². The number of aromatic carboxylic acids is 1. The van der Waals surface area contributed by atoms with Crippen molar-refractivity contribution in [2.24, 2.45) is 0 Å².